The van der Waals surface area contributed by atoms with Crippen molar-refractivity contribution in [3.05, 3.63) is 81.9 Å². The number of fused-ring (bicyclic) bond motifs is 7. The normalized spacial score (nSPS) is 21.2. The van der Waals surface area contributed by atoms with E-state index in [2.05, 4.69) is 47.6 Å². The molecule has 39 heavy (non-hydrogen) atoms. The van der Waals surface area contributed by atoms with Crippen molar-refractivity contribution in [1.29, 1.82) is 0 Å². The summed E-state index contributed by atoms with van der Waals surface area (Å²) in [5.74, 6) is 1.10. The second kappa shape index (κ2) is 10.3. The largest absolute Gasteiger partial charge is 0.494 e. The minimum Gasteiger partial charge on any atom is -0.494 e. The first-order valence-corrected chi connectivity index (χ1v) is 15.0. The van der Waals surface area contributed by atoms with Gasteiger partial charge in [-0.05, 0) is 98.5 Å². The topological polar surface area (TPSA) is 86.5 Å². The lowest BCUT2D eigenvalue weighted by molar-refractivity contribution is 0.275. The molecule has 8 nitrogen and oxygen atoms in total. The monoisotopic (exact) mass is 546 g/mol. The van der Waals surface area contributed by atoms with E-state index in [-0.39, 0.29) is 6.54 Å². The highest BCUT2D eigenvalue weighted by atomic mass is 32.2. The van der Waals surface area contributed by atoms with Crippen LogP contribution in [0.4, 0.5) is 0 Å². The lowest BCUT2D eigenvalue weighted by atomic mass is 9.94. The minimum absolute atomic E-state index is 0.227. The van der Waals surface area contributed by atoms with Crippen LogP contribution in [0.1, 0.15) is 72.0 Å². The van der Waals surface area contributed by atoms with Crippen LogP contribution in [0.2, 0.25) is 0 Å². The van der Waals surface area contributed by atoms with Crippen LogP contribution >= 0.6 is 0 Å². The van der Waals surface area contributed by atoms with E-state index >= 15 is 0 Å². The third-order valence-corrected chi connectivity index (χ3v) is 9.46. The molecule has 3 aliphatic rings. The zero-order valence-corrected chi connectivity index (χ0v) is 23.5. The van der Waals surface area contributed by atoms with E-state index in [1.165, 1.54) is 9.87 Å². The number of benzene rings is 3. The molecule has 0 N–H and O–H groups in total. The molecule has 4 heterocycles. The molecule has 9 heteroatoms. The quantitative estimate of drug-likeness (QED) is 0.277. The summed E-state index contributed by atoms with van der Waals surface area (Å²) in [6.45, 7) is 7.73. The van der Waals surface area contributed by atoms with Gasteiger partial charge in [-0.1, -0.05) is 35.9 Å². The van der Waals surface area contributed by atoms with E-state index in [0.29, 0.717) is 12.4 Å². The maximum atomic E-state index is 13.2. The van der Waals surface area contributed by atoms with Crippen LogP contribution in [0.25, 0.3) is 11.0 Å². The minimum atomic E-state index is -3.96. The second-order valence-corrected chi connectivity index (χ2v) is 12.2. The van der Waals surface area contributed by atoms with Crippen LogP contribution in [-0.2, 0) is 29.8 Å². The lowest BCUT2D eigenvalue weighted by Gasteiger charge is -2.33. The fourth-order valence-corrected chi connectivity index (χ4v) is 6.97. The van der Waals surface area contributed by atoms with Gasteiger partial charge >= 0.3 is 10.3 Å². The highest BCUT2D eigenvalue weighted by Gasteiger charge is 2.36. The molecule has 3 aliphatic heterocycles. The van der Waals surface area contributed by atoms with Gasteiger partial charge in [0.05, 0.1) is 18.2 Å². The number of hydrogen-bond donors (Lipinski definition) is 0. The van der Waals surface area contributed by atoms with Crippen LogP contribution in [0, 0.1) is 13.8 Å². The molecule has 2 unspecified atom stereocenters. The zero-order chi connectivity index (χ0) is 27.1. The van der Waals surface area contributed by atoms with Gasteiger partial charge in [-0.25, -0.2) is 4.68 Å². The van der Waals surface area contributed by atoms with Crippen molar-refractivity contribution in [2.45, 2.75) is 72.0 Å². The number of aromatic nitrogens is 3. The summed E-state index contributed by atoms with van der Waals surface area (Å²) in [6.07, 6.45) is 4.84. The molecule has 0 saturated carbocycles. The van der Waals surface area contributed by atoms with Gasteiger partial charge in [-0.3, -0.25) is 0 Å². The average molecular weight is 547 g/mol. The molecule has 9 bridgehead atoms. The van der Waals surface area contributed by atoms with E-state index in [1.807, 2.05) is 24.6 Å². The molecule has 2 atom stereocenters. The predicted molar refractivity (Wildman–Crippen MR) is 150 cm³/mol. The van der Waals surface area contributed by atoms with E-state index in [1.54, 1.807) is 12.1 Å². The Kier molecular flexibility index (Phi) is 6.81. The van der Waals surface area contributed by atoms with Crippen molar-refractivity contribution in [3.8, 4) is 11.5 Å². The van der Waals surface area contributed by atoms with Crippen molar-refractivity contribution in [1.82, 2.24) is 19.3 Å². The molecule has 0 aliphatic carbocycles. The van der Waals surface area contributed by atoms with E-state index in [0.717, 1.165) is 83.2 Å². The Balaban J connectivity index is 1.39. The molecule has 0 radical (unpaired) electrons. The fraction of sp³-hybridized carbons (Fsp3) is 0.400. The second-order valence-electron chi connectivity index (χ2n) is 10.7. The smallest absolute Gasteiger partial charge is 0.386 e. The molecule has 0 fully saturated rings. The summed E-state index contributed by atoms with van der Waals surface area (Å²) < 4.78 is 41.4. The Morgan fingerprint density at radius 1 is 0.949 bits per heavy atom. The summed E-state index contributed by atoms with van der Waals surface area (Å²) >= 11 is 0. The number of ether oxygens (including phenoxy) is 1. The predicted octanol–water partition coefficient (Wildman–Crippen LogP) is 5.79. The summed E-state index contributed by atoms with van der Waals surface area (Å²) in [7, 11) is -3.96. The summed E-state index contributed by atoms with van der Waals surface area (Å²) in [5, 5.41) is 8.96. The van der Waals surface area contributed by atoms with Gasteiger partial charge in [0.1, 0.15) is 17.0 Å². The Morgan fingerprint density at radius 3 is 2.67 bits per heavy atom. The molecule has 0 saturated heterocycles. The molecular weight excluding hydrogens is 512 g/mol. The van der Waals surface area contributed by atoms with Gasteiger partial charge in [0.2, 0.25) is 0 Å². The summed E-state index contributed by atoms with van der Waals surface area (Å²) in [5.41, 5.74) is 8.25. The molecule has 4 aromatic rings. The highest BCUT2D eigenvalue weighted by Crippen LogP contribution is 2.38. The zero-order valence-electron chi connectivity index (χ0n) is 22.7. The van der Waals surface area contributed by atoms with E-state index in [4.69, 9.17) is 8.92 Å². The number of rotatable bonds is 0. The Hall–Kier alpha value is -3.43. The summed E-state index contributed by atoms with van der Waals surface area (Å²) in [4.78, 5) is 0. The molecule has 3 aromatic carbocycles. The first-order valence-electron chi connectivity index (χ1n) is 13.7. The standard InChI is InChI=1S/C30H34N4O4S/c1-20-8-9-23-16-24-10-12-28-30(21(24)2)31-32-33(28)14-6-4-5-7-15-37-26-11-13-29-25(18-26)19-34(39(35,36)38-29)22(3)27(20)17-23/h8-13,17-18,22H,4-7,14-16,19H2,1-3H3. The van der Waals surface area contributed by atoms with Gasteiger partial charge in [-0.15, -0.1) is 5.10 Å². The molecule has 0 spiro atoms. The van der Waals surface area contributed by atoms with Gasteiger partial charge in [0.25, 0.3) is 0 Å². The molecule has 1 aromatic heterocycles. The number of aryl methyl sites for hydroxylation is 3. The van der Waals surface area contributed by atoms with E-state index < -0.39 is 16.3 Å². The third kappa shape index (κ3) is 5.01. The van der Waals surface area contributed by atoms with Crippen molar-refractivity contribution >= 4 is 21.3 Å². The maximum absolute atomic E-state index is 13.2. The average Bonchev–Trinajstić information content (AvgIpc) is 3.33. The molecular formula is C30H34N4O4S. The van der Waals surface area contributed by atoms with E-state index in [9.17, 15) is 8.42 Å². The Labute approximate surface area is 229 Å². The van der Waals surface area contributed by atoms with Crippen LogP contribution in [0.3, 0.4) is 0 Å². The van der Waals surface area contributed by atoms with Gasteiger partial charge < -0.3 is 8.92 Å². The molecule has 204 valence electrons. The Morgan fingerprint density at radius 2 is 1.79 bits per heavy atom. The van der Waals surface area contributed by atoms with Crippen LogP contribution < -0.4 is 8.92 Å². The fourth-order valence-electron chi connectivity index (χ4n) is 5.69. The highest BCUT2D eigenvalue weighted by molar-refractivity contribution is 7.84. The first-order chi connectivity index (χ1) is 18.8. The van der Waals surface area contributed by atoms with Crippen LogP contribution in [0.15, 0.2) is 48.5 Å². The number of nitrogens with zero attached hydrogens (tertiary/aromatic N) is 4. The lowest BCUT2D eigenvalue weighted by Crippen LogP contribution is -2.39. The SMILES string of the molecule is Cc1ccc2cc1C(C)N1Cc3cc(ccc3OS1(=O)=O)OCCCCCCn1nnc3c(C)c(ccc31)C2. The molecule has 7 rings (SSSR count). The van der Waals surface area contributed by atoms with Gasteiger partial charge in [-0.2, -0.15) is 12.7 Å². The van der Waals surface area contributed by atoms with Gasteiger partial charge in [0.15, 0.2) is 0 Å². The van der Waals surface area contributed by atoms with Crippen molar-refractivity contribution in [3.63, 3.8) is 0 Å². The number of hydrogen-bond acceptors (Lipinski definition) is 6. The first kappa shape index (κ1) is 25.8. The Bertz CT molecular complexity index is 1650. The summed E-state index contributed by atoms with van der Waals surface area (Å²) in [6, 6.07) is 15.6. The van der Waals surface area contributed by atoms with Crippen molar-refractivity contribution < 1.29 is 17.3 Å². The maximum Gasteiger partial charge on any atom is 0.386 e. The van der Waals surface area contributed by atoms with Crippen LogP contribution in [0.5, 0.6) is 11.5 Å². The van der Waals surface area contributed by atoms with Crippen molar-refractivity contribution in [2.75, 3.05) is 6.61 Å². The molecule has 0 amide bonds. The van der Waals surface area contributed by atoms with Crippen LogP contribution in [-0.4, -0.2) is 34.3 Å². The third-order valence-electron chi connectivity index (χ3n) is 8.05. The van der Waals surface area contributed by atoms with Crippen molar-refractivity contribution in [2.24, 2.45) is 0 Å². The van der Waals surface area contributed by atoms with Gasteiger partial charge in [0, 0.05) is 18.7 Å².